The molecule has 1 saturated heterocycles. The van der Waals surface area contributed by atoms with Crippen molar-refractivity contribution in [3.63, 3.8) is 0 Å². The van der Waals surface area contributed by atoms with Gasteiger partial charge in [0.25, 0.3) is 0 Å². The van der Waals surface area contributed by atoms with E-state index in [2.05, 4.69) is 92.4 Å². The zero-order valence-corrected chi connectivity index (χ0v) is 21.3. The van der Waals surface area contributed by atoms with Gasteiger partial charge in [0.15, 0.2) is 0 Å². The Morgan fingerprint density at radius 2 is 1.44 bits per heavy atom. The third kappa shape index (κ3) is 5.66. The maximum Gasteiger partial charge on any atom is 0.120 e. The first-order chi connectivity index (χ1) is 16.4. The van der Waals surface area contributed by atoms with E-state index in [1.165, 1.54) is 73.5 Å². The molecule has 0 aromatic heterocycles. The van der Waals surface area contributed by atoms with E-state index in [4.69, 9.17) is 4.74 Å². The van der Waals surface area contributed by atoms with Crippen molar-refractivity contribution in [3.05, 3.63) is 77.9 Å². The third-order valence-electron chi connectivity index (χ3n) is 8.34. The molecule has 0 amide bonds. The molecular formula is C32H41NO. The zero-order chi connectivity index (χ0) is 23.5. The molecule has 3 aromatic carbocycles. The first-order valence-electron chi connectivity index (χ1n) is 13.4. The van der Waals surface area contributed by atoms with Gasteiger partial charge in [-0.15, -0.1) is 0 Å². The van der Waals surface area contributed by atoms with E-state index in [9.17, 15) is 0 Å². The lowest BCUT2D eigenvalue weighted by Crippen LogP contribution is -2.32. The lowest BCUT2D eigenvalue weighted by atomic mass is 9.72. The molecule has 2 aliphatic rings. The number of nitrogens with zero attached hydrogens (tertiary/aromatic N) is 1. The van der Waals surface area contributed by atoms with Crippen molar-refractivity contribution in [2.75, 3.05) is 13.1 Å². The Morgan fingerprint density at radius 3 is 2.15 bits per heavy atom. The van der Waals surface area contributed by atoms with Crippen molar-refractivity contribution in [1.29, 1.82) is 0 Å². The van der Waals surface area contributed by atoms with Crippen LogP contribution in [-0.2, 0) is 6.54 Å². The van der Waals surface area contributed by atoms with Crippen molar-refractivity contribution in [3.8, 4) is 5.75 Å². The molecule has 2 heteroatoms. The van der Waals surface area contributed by atoms with E-state index in [1.807, 2.05) is 0 Å². The number of ether oxygens (including phenoxy) is 1. The van der Waals surface area contributed by atoms with E-state index in [0.717, 1.165) is 24.1 Å². The monoisotopic (exact) mass is 455 g/mol. The van der Waals surface area contributed by atoms with Gasteiger partial charge in [-0.25, -0.2) is 0 Å². The lowest BCUT2D eigenvalue weighted by molar-refractivity contribution is 0.0883. The second-order valence-electron chi connectivity index (χ2n) is 11.8. The predicted molar refractivity (Wildman–Crippen MR) is 143 cm³/mol. The molecule has 0 unspecified atom stereocenters. The van der Waals surface area contributed by atoms with Crippen LogP contribution in [0.4, 0.5) is 0 Å². The Kier molecular flexibility index (Phi) is 6.97. The Balaban J connectivity index is 1.16. The summed E-state index contributed by atoms with van der Waals surface area (Å²) in [4.78, 5) is 2.62. The van der Waals surface area contributed by atoms with E-state index in [0.29, 0.717) is 11.5 Å². The van der Waals surface area contributed by atoms with Gasteiger partial charge in [-0.1, -0.05) is 69.3 Å². The van der Waals surface area contributed by atoms with E-state index < -0.39 is 0 Å². The first kappa shape index (κ1) is 23.4. The van der Waals surface area contributed by atoms with Gasteiger partial charge in [0.05, 0.1) is 6.10 Å². The average molecular weight is 456 g/mol. The number of hydrogen-bond acceptors (Lipinski definition) is 2. The van der Waals surface area contributed by atoms with Crippen molar-refractivity contribution in [1.82, 2.24) is 4.90 Å². The fourth-order valence-electron chi connectivity index (χ4n) is 6.09. The molecule has 1 heterocycles. The molecule has 0 radical (unpaired) electrons. The summed E-state index contributed by atoms with van der Waals surface area (Å²) in [5.74, 6) is 2.57. The molecule has 34 heavy (non-hydrogen) atoms. The average Bonchev–Trinajstić information content (AvgIpc) is 2.85. The highest BCUT2D eigenvalue weighted by Gasteiger charge is 2.30. The highest BCUT2D eigenvalue weighted by molar-refractivity contribution is 5.84. The first-order valence-corrected chi connectivity index (χ1v) is 13.4. The van der Waals surface area contributed by atoms with Crippen molar-refractivity contribution in [2.45, 2.75) is 77.9 Å². The van der Waals surface area contributed by atoms with Crippen LogP contribution in [0.15, 0.2) is 66.7 Å². The lowest BCUT2D eigenvalue weighted by Gasteiger charge is -2.37. The molecule has 0 spiro atoms. The fourth-order valence-corrected chi connectivity index (χ4v) is 6.09. The normalized spacial score (nSPS) is 22.7. The van der Waals surface area contributed by atoms with Gasteiger partial charge in [-0.2, -0.15) is 0 Å². The number of benzene rings is 3. The molecule has 180 valence electrons. The van der Waals surface area contributed by atoms with Crippen LogP contribution in [0.5, 0.6) is 5.75 Å². The smallest absolute Gasteiger partial charge is 0.120 e. The summed E-state index contributed by atoms with van der Waals surface area (Å²) in [5, 5.41) is 2.60. The Labute approximate surface area is 206 Å². The molecule has 0 N–H and O–H groups in total. The van der Waals surface area contributed by atoms with Crippen LogP contribution >= 0.6 is 0 Å². The van der Waals surface area contributed by atoms with Crippen LogP contribution in [0.1, 0.15) is 76.3 Å². The minimum absolute atomic E-state index is 0.370. The van der Waals surface area contributed by atoms with E-state index >= 15 is 0 Å². The maximum absolute atomic E-state index is 6.41. The fraction of sp³-hybridized carbons (Fsp3) is 0.500. The summed E-state index contributed by atoms with van der Waals surface area (Å²) < 4.78 is 6.41. The summed E-state index contributed by atoms with van der Waals surface area (Å²) in [7, 11) is 0. The number of likely N-dealkylation sites (tertiary alicyclic amines) is 1. The second kappa shape index (κ2) is 10.1. The SMILES string of the molecule is CC(C)(C)[C@H]1CC[C@H](Oc2ccc3cc(CN4CCC(c5ccccc5)CC4)ccc3c2)CC1. The molecule has 2 fully saturated rings. The van der Waals surface area contributed by atoms with Crippen LogP contribution in [-0.4, -0.2) is 24.1 Å². The molecule has 5 rings (SSSR count). The largest absolute Gasteiger partial charge is 0.490 e. The van der Waals surface area contributed by atoms with Gasteiger partial charge in [0, 0.05) is 6.54 Å². The third-order valence-corrected chi connectivity index (χ3v) is 8.34. The summed E-state index contributed by atoms with van der Waals surface area (Å²) >= 11 is 0. The van der Waals surface area contributed by atoms with Crippen molar-refractivity contribution in [2.24, 2.45) is 11.3 Å². The molecule has 1 aliphatic carbocycles. The van der Waals surface area contributed by atoms with E-state index in [1.54, 1.807) is 0 Å². The summed E-state index contributed by atoms with van der Waals surface area (Å²) in [5.41, 5.74) is 3.34. The molecule has 1 aliphatic heterocycles. The van der Waals surface area contributed by atoms with Gasteiger partial charge in [0.1, 0.15) is 5.75 Å². The number of fused-ring (bicyclic) bond motifs is 1. The van der Waals surface area contributed by atoms with Crippen LogP contribution in [0.25, 0.3) is 10.8 Å². The number of piperidine rings is 1. The van der Waals surface area contributed by atoms with Gasteiger partial charge < -0.3 is 4.74 Å². The van der Waals surface area contributed by atoms with Gasteiger partial charge >= 0.3 is 0 Å². The Morgan fingerprint density at radius 1 is 0.765 bits per heavy atom. The molecule has 0 atom stereocenters. The standard InChI is InChI=1S/C32H41NO/c1-32(2,3)29-12-15-30(16-13-29)34-31-14-11-27-21-24(9-10-28(27)22-31)23-33-19-17-26(18-20-33)25-7-5-4-6-8-25/h4-11,14,21-22,26,29-30H,12-13,15-20,23H2,1-3H3/t29-,30-. The molecule has 2 nitrogen and oxygen atoms in total. The van der Waals surface area contributed by atoms with Gasteiger partial charge in [-0.05, 0) is 109 Å². The van der Waals surface area contributed by atoms with Gasteiger partial charge in [0.2, 0.25) is 0 Å². The van der Waals surface area contributed by atoms with Gasteiger partial charge in [-0.3, -0.25) is 4.90 Å². The molecular weight excluding hydrogens is 414 g/mol. The minimum atomic E-state index is 0.370. The van der Waals surface area contributed by atoms with Crippen LogP contribution in [0, 0.1) is 11.3 Å². The minimum Gasteiger partial charge on any atom is -0.490 e. The van der Waals surface area contributed by atoms with Crippen molar-refractivity contribution >= 4 is 10.8 Å². The highest BCUT2D eigenvalue weighted by Crippen LogP contribution is 2.39. The molecule has 0 bridgehead atoms. The zero-order valence-electron chi connectivity index (χ0n) is 21.3. The van der Waals surface area contributed by atoms with Crippen LogP contribution in [0.3, 0.4) is 0 Å². The highest BCUT2D eigenvalue weighted by atomic mass is 16.5. The topological polar surface area (TPSA) is 12.5 Å². The summed E-state index contributed by atoms with van der Waals surface area (Å²) in [6.07, 6.45) is 7.82. The van der Waals surface area contributed by atoms with E-state index in [-0.39, 0.29) is 0 Å². The summed E-state index contributed by atoms with van der Waals surface area (Å²) in [6, 6.07) is 24.7. The van der Waals surface area contributed by atoms with Crippen LogP contribution < -0.4 is 4.74 Å². The molecule has 1 saturated carbocycles. The summed E-state index contributed by atoms with van der Waals surface area (Å²) in [6.45, 7) is 10.5. The predicted octanol–water partition coefficient (Wildman–Crippen LogP) is 8.20. The number of rotatable bonds is 5. The Hall–Kier alpha value is -2.32. The second-order valence-corrected chi connectivity index (χ2v) is 11.8. The maximum atomic E-state index is 6.41. The molecule has 3 aromatic rings. The Bertz CT molecular complexity index is 1070. The number of hydrogen-bond donors (Lipinski definition) is 0. The van der Waals surface area contributed by atoms with Crippen LogP contribution in [0.2, 0.25) is 0 Å². The van der Waals surface area contributed by atoms with Crippen molar-refractivity contribution < 1.29 is 4.74 Å². The quantitative estimate of drug-likeness (QED) is 0.384.